The van der Waals surface area contributed by atoms with Gasteiger partial charge in [-0.15, -0.1) is 10.2 Å². The third kappa shape index (κ3) is 3.26. The molecule has 0 aliphatic heterocycles. The van der Waals surface area contributed by atoms with Crippen LogP contribution in [0, 0.1) is 13.8 Å². The highest BCUT2D eigenvalue weighted by molar-refractivity contribution is 9.10. The third-order valence-corrected chi connectivity index (χ3v) is 4.30. The number of benzene rings is 1. The quantitative estimate of drug-likeness (QED) is 0.743. The minimum atomic E-state index is -0.184. The molecule has 0 atom stereocenters. The van der Waals surface area contributed by atoms with Gasteiger partial charge < -0.3 is 10.2 Å². The zero-order valence-electron chi connectivity index (χ0n) is 13.7. The maximum absolute atomic E-state index is 12.5. The Balaban J connectivity index is 1.76. The van der Waals surface area contributed by atoms with Crippen molar-refractivity contribution in [1.29, 1.82) is 0 Å². The van der Waals surface area contributed by atoms with Crippen LogP contribution in [0.25, 0.3) is 5.65 Å². The smallest absolute Gasteiger partial charge is 0.320 e. The van der Waals surface area contributed by atoms with Crippen LogP contribution in [0.4, 0.5) is 10.5 Å². The number of rotatable bonds is 3. The van der Waals surface area contributed by atoms with Gasteiger partial charge in [0.05, 0.1) is 6.54 Å². The number of anilines is 1. The number of aromatic nitrogens is 3. The van der Waals surface area contributed by atoms with E-state index >= 15 is 0 Å². The Morgan fingerprint density at radius 1 is 1.25 bits per heavy atom. The molecule has 0 spiro atoms. The summed E-state index contributed by atoms with van der Waals surface area (Å²) < 4.78 is 2.87. The number of pyridine rings is 1. The molecule has 7 heteroatoms. The van der Waals surface area contributed by atoms with E-state index in [0.717, 1.165) is 26.9 Å². The van der Waals surface area contributed by atoms with E-state index < -0.39 is 0 Å². The van der Waals surface area contributed by atoms with Crippen molar-refractivity contribution in [2.24, 2.45) is 0 Å². The predicted octanol–water partition coefficient (Wildman–Crippen LogP) is 3.77. The largest absolute Gasteiger partial charge is 0.322 e. The van der Waals surface area contributed by atoms with Gasteiger partial charge in [-0.1, -0.05) is 22.0 Å². The number of amides is 2. The lowest BCUT2D eigenvalue weighted by Crippen LogP contribution is -2.32. The maximum Gasteiger partial charge on any atom is 0.322 e. The Hall–Kier alpha value is -2.41. The van der Waals surface area contributed by atoms with Crippen LogP contribution >= 0.6 is 15.9 Å². The van der Waals surface area contributed by atoms with Gasteiger partial charge in [-0.2, -0.15) is 0 Å². The van der Waals surface area contributed by atoms with E-state index in [1.165, 1.54) is 0 Å². The Morgan fingerprint density at radius 2 is 1.96 bits per heavy atom. The van der Waals surface area contributed by atoms with E-state index in [9.17, 15) is 4.79 Å². The van der Waals surface area contributed by atoms with E-state index in [0.29, 0.717) is 12.4 Å². The molecule has 0 unspecified atom stereocenters. The van der Waals surface area contributed by atoms with Gasteiger partial charge in [0, 0.05) is 23.4 Å². The lowest BCUT2D eigenvalue weighted by molar-refractivity contribution is 0.219. The lowest BCUT2D eigenvalue weighted by atomic mass is 10.1. The topological polar surface area (TPSA) is 62.5 Å². The second kappa shape index (κ2) is 6.60. The Kier molecular flexibility index (Phi) is 4.53. The highest BCUT2D eigenvalue weighted by Crippen LogP contribution is 2.25. The molecule has 1 aromatic carbocycles. The number of carbonyl (C=O) groups excluding carboxylic acids is 1. The van der Waals surface area contributed by atoms with Gasteiger partial charge in [-0.3, -0.25) is 4.40 Å². The lowest BCUT2D eigenvalue weighted by Gasteiger charge is -2.19. The molecule has 1 N–H and O–H groups in total. The SMILES string of the molecule is Cc1cc(Br)cc(C)c1NC(=O)N(C)Cc1nnc2ccccn12. The van der Waals surface area contributed by atoms with E-state index in [2.05, 4.69) is 31.4 Å². The summed E-state index contributed by atoms with van der Waals surface area (Å²) in [5, 5.41) is 11.2. The first-order valence-corrected chi connectivity index (χ1v) is 8.32. The molecular formula is C17H18BrN5O. The average molecular weight is 388 g/mol. The van der Waals surface area contributed by atoms with Crippen LogP contribution in [-0.4, -0.2) is 32.6 Å². The molecule has 0 bridgehead atoms. The highest BCUT2D eigenvalue weighted by atomic mass is 79.9. The van der Waals surface area contributed by atoms with Crippen LogP contribution in [-0.2, 0) is 6.54 Å². The normalized spacial score (nSPS) is 10.8. The standard InChI is InChI=1S/C17H18BrN5O/c1-11-8-13(18)9-12(2)16(11)19-17(24)22(3)10-15-21-20-14-6-4-5-7-23(14)15/h4-9H,10H2,1-3H3,(H,19,24). The van der Waals surface area contributed by atoms with Gasteiger partial charge in [0.15, 0.2) is 11.5 Å². The third-order valence-electron chi connectivity index (χ3n) is 3.84. The summed E-state index contributed by atoms with van der Waals surface area (Å²) in [6, 6.07) is 9.47. The number of hydrogen-bond donors (Lipinski definition) is 1. The molecule has 24 heavy (non-hydrogen) atoms. The van der Waals surface area contributed by atoms with Crippen molar-refractivity contribution in [3.63, 3.8) is 0 Å². The summed E-state index contributed by atoms with van der Waals surface area (Å²) >= 11 is 3.46. The summed E-state index contributed by atoms with van der Waals surface area (Å²) in [5.41, 5.74) is 3.62. The van der Waals surface area contributed by atoms with Crippen LogP contribution in [0.1, 0.15) is 17.0 Å². The van der Waals surface area contributed by atoms with Gasteiger partial charge in [0.2, 0.25) is 0 Å². The second-order valence-corrected chi connectivity index (χ2v) is 6.66. The van der Waals surface area contributed by atoms with Crippen LogP contribution < -0.4 is 5.32 Å². The van der Waals surface area contributed by atoms with E-state index in [-0.39, 0.29) is 6.03 Å². The van der Waals surface area contributed by atoms with Crippen molar-refractivity contribution in [2.75, 3.05) is 12.4 Å². The van der Waals surface area contributed by atoms with Crippen LogP contribution in [0.5, 0.6) is 0 Å². The van der Waals surface area contributed by atoms with Crippen molar-refractivity contribution >= 4 is 33.3 Å². The van der Waals surface area contributed by atoms with Crippen molar-refractivity contribution in [1.82, 2.24) is 19.5 Å². The number of hydrogen-bond acceptors (Lipinski definition) is 3. The van der Waals surface area contributed by atoms with E-state index in [1.807, 2.05) is 54.8 Å². The van der Waals surface area contributed by atoms with Crippen molar-refractivity contribution in [3.8, 4) is 0 Å². The first-order valence-electron chi connectivity index (χ1n) is 7.53. The molecule has 3 aromatic rings. The molecule has 6 nitrogen and oxygen atoms in total. The molecule has 0 aliphatic carbocycles. The summed E-state index contributed by atoms with van der Waals surface area (Å²) in [4.78, 5) is 14.1. The fourth-order valence-corrected chi connectivity index (χ4v) is 3.28. The molecule has 3 rings (SSSR count). The predicted molar refractivity (Wildman–Crippen MR) is 97.1 cm³/mol. The number of nitrogens with one attached hydrogen (secondary N) is 1. The van der Waals surface area contributed by atoms with Gasteiger partial charge in [-0.05, 0) is 49.2 Å². The molecule has 2 heterocycles. The number of carbonyl (C=O) groups is 1. The van der Waals surface area contributed by atoms with Crippen molar-refractivity contribution in [2.45, 2.75) is 20.4 Å². The minimum Gasteiger partial charge on any atom is -0.320 e. The summed E-state index contributed by atoms with van der Waals surface area (Å²) in [6.07, 6.45) is 1.89. The fraction of sp³-hybridized carbons (Fsp3) is 0.235. The molecule has 0 saturated carbocycles. The molecule has 2 amide bonds. The number of urea groups is 1. The molecule has 0 aliphatic rings. The number of fused-ring (bicyclic) bond motifs is 1. The van der Waals surface area contributed by atoms with Crippen molar-refractivity contribution in [3.05, 3.63) is 58.0 Å². The van der Waals surface area contributed by atoms with Crippen LogP contribution in [0.2, 0.25) is 0 Å². The van der Waals surface area contributed by atoms with Crippen LogP contribution in [0.3, 0.4) is 0 Å². The maximum atomic E-state index is 12.5. The first kappa shape index (κ1) is 16.4. The first-order chi connectivity index (χ1) is 11.5. The Labute approximate surface area is 148 Å². The Morgan fingerprint density at radius 3 is 2.67 bits per heavy atom. The van der Waals surface area contributed by atoms with Crippen LogP contribution in [0.15, 0.2) is 41.0 Å². The number of halogens is 1. The monoisotopic (exact) mass is 387 g/mol. The van der Waals surface area contributed by atoms with Gasteiger partial charge in [0.1, 0.15) is 0 Å². The zero-order chi connectivity index (χ0) is 17.3. The molecular weight excluding hydrogens is 370 g/mol. The minimum absolute atomic E-state index is 0.184. The summed E-state index contributed by atoms with van der Waals surface area (Å²) in [6.45, 7) is 4.31. The van der Waals surface area contributed by atoms with E-state index in [4.69, 9.17) is 0 Å². The molecule has 2 aromatic heterocycles. The Bertz CT molecular complexity index is 882. The van der Waals surface area contributed by atoms with Crippen molar-refractivity contribution < 1.29 is 4.79 Å². The number of nitrogens with zero attached hydrogens (tertiary/aromatic N) is 4. The second-order valence-electron chi connectivity index (χ2n) is 5.75. The molecule has 124 valence electrons. The fourth-order valence-electron chi connectivity index (χ4n) is 2.59. The number of aryl methyl sites for hydroxylation is 2. The molecule has 0 saturated heterocycles. The highest BCUT2D eigenvalue weighted by Gasteiger charge is 2.15. The summed E-state index contributed by atoms with van der Waals surface area (Å²) in [7, 11) is 1.74. The summed E-state index contributed by atoms with van der Waals surface area (Å²) in [5.74, 6) is 0.715. The molecule has 0 radical (unpaired) electrons. The van der Waals surface area contributed by atoms with E-state index in [1.54, 1.807) is 11.9 Å². The van der Waals surface area contributed by atoms with Gasteiger partial charge in [0.25, 0.3) is 0 Å². The zero-order valence-corrected chi connectivity index (χ0v) is 15.3. The van der Waals surface area contributed by atoms with Gasteiger partial charge in [-0.25, -0.2) is 4.79 Å². The van der Waals surface area contributed by atoms with Gasteiger partial charge >= 0.3 is 6.03 Å². The molecule has 0 fully saturated rings. The average Bonchev–Trinajstić information content (AvgIpc) is 2.94.